The summed E-state index contributed by atoms with van der Waals surface area (Å²) in [5, 5.41) is 6.58. The molecule has 0 saturated heterocycles. The van der Waals surface area contributed by atoms with E-state index >= 15 is 0 Å². The normalized spacial score (nSPS) is 12.4. The monoisotopic (exact) mass is 237 g/mol. The predicted molar refractivity (Wildman–Crippen MR) is 71.2 cm³/mol. The summed E-state index contributed by atoms with van der Waals surface area (Å²) in [5.41, 5.74) is 1.21. The van der Waals surface area contributed by atoms with E-state index in [1.165, 1.54) is 5.56 Å². The van der Waals surface area contributed by atoms with Gasteiger partial charge in [0.05, 0.1) is 6.10 Å². The van der Waals surface area contributed by atoms with Crippen LogP contribution in [0, 0.1) is 0 Å². The van der Waals surface area contributed by atoms with Crippen LogP contribution in [-0.4, -0.2) is 31.3 Å². The fourth-order valence-electron chi connectivity index (χ4n) is 1.37. The quantitative estimate of drug-likeness (QED) is 0.679. The molecule has 96 valence electrons. The van der Waals surface area contributed by atoms with Crippen LogP contribution in [0.1, 0.15) is 25.8 Å². The van der Waals surface area contributed by atoms with E-state index in [0.29, 0.717) is 0 Å². The van der Waals surface area contributed by atoms with Crippen molar-refractivity contribution in [1.82, 2.24) is 10.3 Å². The lowest BCUT2D eigenvalue weighted by molar-refractivity contribution is 0.128. The third kappa shape index (κ3) is 5.65. The van der Waals surface area contributed by atoms with Crippen LogP contribution in [0.2, 0.25) is 0 Å². The van der Waals surface area contributed by atoms with Crippen LogP contribution in [0.4, 0.5) is 5.82 Å². The molecule has 0 spiro atoms. The largest absolute Gasteiger partial charge is 0.380 e. The average molecular weight is 237 g/mol. The number of pyridine rings is 1. The summed E-state index contributed by atoms with van der Waals surface area (Å²) in [6, 6.07) is 4.10. The zero-order valence-electron chi connectivity index (χ0n) is 11.0. The second kappa shape index (κ2) is 8.03. The van der Waals surface area contributed by atoms with Gasteiger partial charge in [-0.15, -0.1) is 0 Å². The Bertz CT molecular complexity index is 300. The number of methoxy groups -OCH3 is 1. The van der Waals surface area contributed by atoms with Crippen LogP contribution in [0.3, 0.4) is 0 Å². The summed E-state index contributed by atoms with van der Waals surface area (Å²) in [5.74, 6) is 0.896. The zero-order chi connectivity index (χ0) is 12.5. The highest BCUT2D eigenvalue weighted by molar-refractivity contribution is 5.35. The molecular weight excluding hydrogens is 214 g/mol. The van der Waals surface area contributed by atoms with Crippen molar-refractivity contribution >= 4 is 5.82 Å². The molecule has 4 nitrogen and oxygen atoms in total. The summed E-state index contributed by atoms with van der Waals surface area (Å²) in [6.07, 6.45) is 3.26. The molecule has 0 aliphatic heterocycles. The van der Waals surface area contributed by atoms with E-state index in [1.54, 1.807) is 7.11 Å². The average Bonchev–Trinajstić information content (AvgIpc) is 2.37. The third-order valence-corrected chi connectivity index (χ3v) is 2.55. The third-order valence-electron chi connectivity index (χ3n) is 2.55. The van der Waals surface area contributed by atoms with Gasteiger partial charge in [-0.2, -0.15) is 0 Å². The van der Waals surface area contributed by atoms with E-state index in [9.17, 15) is 0 Å². The molecule has 0 radical (unpaired) electrons. The van der Waals surface area contributed by atoms with Gasteiger partial charge in [0.1, 0.15) is 5.82 Å². The minimum atomic E-state index is 0.197. The lowest BCUT2D eigenvalue weighted by atomic mass is 10.2. The van der Waals surface area contributed by atoms with Gasteiger partial charge in [-0.1, -0.05) is 13.0 Å². The van der Waals surface area contributed by atoms with Crippen molar-refractivity contribution in [2.45, 2.75) is 32.9 Å². The maximum atomic E-state index is 5.16. The summed E-state index contributed by atoms with van der Waals surface area (Å²) in [7, 11) is 1.71. The van der Waals surface area contributed by atoms with Crippen molar-refractivity contribution in [3.05, 3.63) is 23.9 Å². The smallest absolute Gasteiger partial charge is 0.125 e. The van der Waals surface area contributed by atoms with Gasteiger partial charge in [0.15, 0.2) is 0 Å². The number of nitrogens with zero attached hydrogens (tertiary/aromatic N) is 1. The van der Waals surface area contributed by atoms with Crippen molar-refractivity contribution in [2.75, 3.05) is 25.5 Å². The molecule has 1 aromatic heterocycles. The van der Waals surface area contributed by atoms with E-state index in [1.807, 2.05) is 19.2 Å². The van der Waals surface area contributed by atoms with Gasteiger partial charge in [0.2, 0.25) is 0 Å². The molecule has 4 heteroatoms. The molecule has 0 saturated carbocycles. The Kier molecular flexibility index (Phi) is 6.58. The summed E-state index contributed by atoms with van der Waals surface area (Å²) >= 11 is 0. The SMILES string of the molecule is CCCNCc1ccc(NCC(C)OC)nc1. The van der Waals surface area contributed by atoms with Crippen LogP contribution in [0.5, 0.6) is 0 Å². The number of aromatic nitrogens is 1. The molecule has 0 fully saturated rings. The van der Waals surface area contributed by atoms with Crippen LogP contribution >= 0.6 is 0 Å². The van der Waals surface area contributed by atoms with Crippen LogP contribution in [0.25, 0.3) is 0 Å². The first-order chi connectivity index (χ1) is 8.26. The molecule has 2 N–H and O–H groups in total. The van der Waals surface area contributed by atoms with Crippen molar-refractivity contribution in [2.24, 2.45) is 0 Å². The molecule has 0 bridgehead atoms. The molecule has 1 aromatic rings. The topological polar surface area (TPSA) is 46.2 Å². The molecular formula is C13H23N3O. The lowest BCUT2D eigenvalue weighted by Gasteiger charge is -2.11. The first-order valence-corrected chi connectivity index (χ1v) is 6.18. The van der Waals surface area contributed by atoms with Gasteiger partial charge in [0, 0.05) is 26.4 Å². The van der Waals surface area contributed by atoms with Crippen LogP contribution in [0.15, 0.2) is 18.3 Å². The van der Waals surface area contributed by atoms with E-state index in [0.717, 1.165) is 31.9 Å². The van der Waals surface area contributed by atoms with Gasteiger partial charge in [-0.05, 0) is 31.5 Å². The molecule has 0 aliphatic carbocycles. The number of rotatable bonds is 8. The summed E-state index contributed by atoms with van der Waals surface area (Å²) < 4.78 is 5.16. The van der Waals surface area contributed by atoms with Crippen molar-refractivity contribution in [3.63, 3.8) is 0 Å². The van der Waals surface area contributed by atoms with Gasteiger partial charge >= 0.3 is 0 Å². The fraction of sp³-hybridized carbons (Fsp3) is 0.615. The van der Waals surface area contributed by atoms with Gasteiger partial charge in [0.25, 0.3) is 0 Å². The molecule has 1 rings (SSSR count). The maximum absolute atomic E-state index is 5.16. The van der Waals surface area contributed by atoms with Gasteiger partial charge < -0.3 is 15.4 Å². The Morgan fingerprint density at radius 2 is 2.24 bits per heavy atom. The highest BCUT2D eigenvalue weighted by atomic mass is 16.5. The van der Waals surface area contributed by atoms with Crippen molar-refractivity contribution < 1.29 is 4.74 Å². The van der Waals surface area contributed by atoms with E-state index < -0.39 is 0 Å². The molecule has 0 aromatic carbocycles. The molecule has 0 amide bonds. The highest BCUT2D eigenvalue weighted by Gasteiger charge is 2.00. The minimum Gasteiger partial charge on any atom is -0.380 e. The Hall–Kier alpha value is -1.13. The van der Waals surface area contributed by atoms with Crippen LogP contribution in [-0.2, 0) is 11.3 Å². The highest BCUT2D eigenvalue weighted by Crippen LogP contribution is 2.05. The Labute approximate surface area is 104 Å². The van der Waals surface area contributed by atoms with E-state index in [4.69, 9.17) is 4.74 Å². The first kappa shape index (κ1) is 13.9. The number of anilines is 1. The second-order valence-electron chi connectivity index (χ2n) is 4.16. The van der Waals surface area contributed by atoms with E-state index in [-0.39, 0.29) is 6.10 Å². The number of nitrogens with one attached hydrogen (secondary N) is 2. The minimum absolute atomic E-state index is 0.197. The van der Waals surface area contributed by atoms with Gasteiger partial charge in [-0.3, -0.25) is 0 Å². The maximum Gasteiger partial charge on any atom is 0.125 e. The lowest BCUT2D eigenvalue weighted by Crippen LogP contribution is -2.18. The number of hydrogen-bond donors (Lipinski definition) is 2. The molecule has 0 aliphatic rings. The standard InChI is InChI=1S/C13H23N3O/c1-4-7-14-9-12-5-6-13(16-10-12)15-8-11(2)17-3/h5-6,10-11,14H,4,7-9H2,1-3H3,(H,15,16). The number of ether oxygens (including phenoxy) is 1. The molecule has 1 heterocycles. The predicted octanol–water partition coefficient (Wildman–Crippen LogP) is 2.03. The second-order valence-corrected chi connectivity index (χ2v) is 4.16. The summed E-state index contributed by atoms with van der Waals surface area (Å²) in [6.45, 7) is 6.89. The fourth-order valence-corrected chi connectivity index (χ4v) is 1.37. The number of hydrogen-bond acceptors (Lipinski definition) is 4. The molecule has 1 atom stereocenters. The van der Waals surface area contributed by atoms with Gasteiger partial charge in [-0.25, -0.2) is 4.98 Å². The Morgan fingerprint density at radius 3 is 2.82 bits per heavy atom. The van der Waals surface area contributed by atoms with Crippen molar-refractivity contribution in [3.8, 4) is 0 Å². The van der Waals surface area contributed by atoms with Crippen molar-refractivity contribution in [1.29, 1.82) is 0 Å². The zero-order valence-corrected chi connectivity index (χ0v) is 11.0. The molecule has 17 heavy (non-hydrogen) atoms. The molecule has 1 unspecified atom stereocenters. The van der Waals surface area contributed by atoms with Crippen LogP contribution < -0.4 is 10.6 Å². The first-order valence-electron chi connectivity index (χ1n) is 6.18. The van der Waals surface area contributed by atoms with E-state index in [2.05, 4.69) is 28.6 Å². The Morgan fingerprint density at radius 1 is 1.41 bits per heavy atom. The Balaban J connectivity index is 2.34. The summed E-state index contributed by atoms with van der Waals surface area (Å²) in [4.78, 5) is 4.36.